The highest BCUT2D eigenvalue weighted by atomic mass is 79.9. The molecule has 0 N–H and O–H groups in total. The SMILES string of the molecule is Fc1ccc(COC[C@H]2CO2)cc1Br. The van der Waals surface area contributed by atoms with E-state index in [0.29, 0.717) is 17.7 Å². The van der Waals surface area contributed by atoms with Crippen LogP contribution in [0, 0.1) is 5.82 Å². The topological polar surface area (TPSA) is 21.8 Å². The monoisotopic (exact) mass is 260 g/mol. The minimum atomic E-state index is -0.251. The first-order valence-electron chi connectivity index (χ1n) is 4.39. The van der Waals surface area contributed by atoms with Gasteiger partial charge in [0.15, 0.2) is 0 Å². The second-order valence-electron chi connectivity index (χ2n) is 3.22. The highest BCUT2D eigenvalue weighted by Gasteiger charge is 2.22. The summed E-state index contributed by atoms with van der Waals surface area (Å²) < 4.78 is 23.7. The molecule has 0 saturated carbocycles. The van der Waals surface area contributed by atoms with Crippen LogP contribution in [-0.2, 0) is 16.1 Å². The number of benzene rings is 1. The van der Waals surface area contributed by atoms with E-state index >= 15 is 0 Å². The third-order valence-corrected chi connectivity index (χ3v) is 2.57. The maximum atomic E-state index is 12.9. The summed E-state index contributed by atoms with van der Waals surface area (Å²) in [5.74, 6) is -0.251. The van der Waals surface area contributed by atoms with E-state index in [1.54, 1.807) is 12.1 Å². The van der Waals surface area contributed by atoms with Gasteiger partial charge in [0.2, 0.25) is 0 Å². The minimum absolute atomic E-state index is 0.251. The molecule has 1 aliphatic heterocycles. The van der Waals surface area contributed by atoms with Crippen LogP contribution in [0.5, 0.6) is 0 Å². The van der Waals surface area contributed by atoms with Gasteiger partial charge in [0.1, 0.15) is 11.9 Å². The van der Waals surface area contributed by atoms with Crippen molar-refractivity contribution in [2.24, 2.45) is 0 Å². The van der Waals surface area contributed by atoms with Crippen molar-refractivity contribution < 1.29 is 13.9 Å². The van der Waals surface area contributed by atoms with Crippen LogP contribution in [0.3, 0.4) is 0 Å². The lowest BCUT2D eigenvalue weighted by atomic mass is 10.2. The summed E-state index contributed by atoms with van der Waals surface area (Å²) in [5.41, 5.74) is 0.957. The summed E-state index contributed by atoms with van der Waals surface area (Å²) >= 11 is 3.12. The van der Waals surface area contributed by atoms with Crippen molar-refractivity contribution in [3.8, 4) is 0 Å². The van der Waals surface area contributed by atoms with Crippen LogP contribution in [-0.4, -0.2) is 19.3 Å². The van der Waals surface area contributed by atoms with Crippen LogP contribution in [0.1, 0.15) is 5.56 Å². The molecule has 0 radical (unpaired) electrons. The van der Waals surface area contributed by atoms with Crippen molar-refractivity contribution in [3.63, 3.8) is 0 Å². The van der Waals surface area contributed by atoms with Gasteiger partial charge in [-0.3, -0.25) is 0 Å². The molecule has 1 aromatic carbocycles. The van der Waals surface area contributed by atoms with Gasteiger partial charge >= 0.3 is 0 Å². The summed E-state index contributed by atoms with van der Waals surface area (Å²) in [7, 11) is 0. The minimum Gasteiger partial charge on any atom is -0.374 e. The van der Waals surface area contributed by atoms with E-state index in [1.165, 1.54) is 6.07 Å². The summed E-state index contributed by atoms with van der Waals surface area (Å²) in [6, 6.07) is 4.87. The van der Waals surface area contributed by atoms with Crippen LogP contribution in [0.2, 0.25) is 0 Å². The Balaban J connectivity index is 1.85. The van der Waals surface area contributed by atoms with Crippen molar-refractivity contribution >= 4 is 15.9 Å². The van der Waals surface area contributed by atoms with Crippen LogP contribution >= 0.6 is 15.9 Å². The summed E-state index contributed by atoms with van der Waals surface area (Å²) in [6.45, 7) is 1.92. The Morgan fingerprint density at radius 2 is 2.36 bits per heavy atom. The molecule has 2 rings (SSSR count). The van der Waals surface area contributed by atoms with Gasteiger partial charge in [-0.05, 0) is 33.6 Å². The second kappa shape index (κ2) is 4.38. The average Bonchev–Trinajstić information content (AvgIpc) is 2.95. The molecule has 76 valence electrons. The van der Waals surface area contributed by atoms with Gasteiger partial charge in [0.05, 0.1) is 24.3 Å². The predicted molar refractivity (Wildman–Crippen MR) is 53.5 cm³/mol. The van der Waals surface area contributed by atoms with Crippen molar-refractivity contribution in [1.82, 2.24) is 0 Å². The zero-order valence-electron chi connectivity index (χ0n) is 7.50. The zero-order valence-corrected chi connectivity index (χ0v) is 9.09. The van der Waals surface area contributed by atoms with Crippen LogP contribution in [0.4, 0.5) is 4.39 Å². The molecular weight excluding hydrogens is 251 g/mol. The lowest BCUT2D eigenvalue weighted by Crippen LogP contribution is -2.01. The Bertz CT molecular complexity index is 326. The fraction of sp³-hybridized carbons (Fsp3) is 0.400. The highest BCUT2D eigenvalue weighted by Crippen LogP contribution is 2.18. The molecule has 1 atom stereocenters. The fourth-order valence-corrected chi connectivity index (χ4v) is 1.53. The van der Waals surface area contributed by atoms with Crippen molar-refractivity contribution in [2.75, 3.05) is 13.2 Å². The van der Waals surface area contributed by atoms with Crippen molar-refractivity contribution in [2.45, 2.75) is 12.7 Å². The predicted octanol–water partition coefficient (Wildman–Crippen LogP) is 2.50. The van der Waals surface area contributed by atoms with E-state index in [4.69, 9.17) is 9.47 Å². The van der Waals surface area contributed by atoms with Gasteiger partial charge in [-0.2, -0.15) is 0 Å². The molecule has 0 aliphatic carbocycles. The molecule has 14 heavy (non-hydrogen) atoms. The fourth-order valence-electron chi connectivity index (χ4n) is 1.10. The van der Waals surface area contributed by atoms with E-state index in [1.807, 2.05) is 0 Å². The Morgan fingerprint density at radius 1 is 1.57 bits per heavy atom. The first-order chi connectivity index (χ1) is 6.75. The van der Waals surface area contributed by atoms with Crippen LogP contribution < -0.4 is 0 Å². The van der Waals surface area contributed by atoms with Gasteiger partial charge in [-0.25, -0.2) is 4.39 Å². The molecule has 4 heteroatoms. The molecule has 0 unspecified atom stereocenters. The van der Waals surface area contributed by atoms with E-state index in [2.05, 4.69) is 15.9 Å². The maximum absolute atomic E-state index is 12.9. The molecule has 0 spiro atoms. The van der Waals surface area contributed by atoms with Gasteiger partial charge in [-0.1, -0.05) is 6.07 Å². The summed E-state index contributed by atoms with van der Waals surface area (Å²) in [6.07, 6.45) is 0.277. The molecule has 1 aliphatic rings. The highest BCUT2D eigenvalue weighted by molar-refractivity contribution is 9.10. The molecule has 1 heterocycles. The Labute approximate surface area is 90.1 Å². The Kier molecular flexibility index (Phi) is 3.15. The van der Waals surface area contributed by atoms with E-state index < -0.39 is 0 Å². The van der Waals surface area contributed by atoms with Gasteiger partial charge in [0, 0.05) is 0 Å². The van der Waals surface area contributed by atoms with E-state index in [9.17, 15) is 4.39 Å². The van der Waals surface area contributed by atoms with Crippen LogP contribution in [0.25, 0.3) is 0 Å². The quantitative estimate of drug-likeness (QED) is 0.777. The molecular formula is C10H10BrFO2. The lowest BCUT2D eigenvalue weighted by molar-refractivity contribution is 0.104. The molecule has 1 fully saturated rings. The average molecular weight is 261 g/mol. The third kappa shape index (κ3) is 2.77. The zero-order chi connectivity index (χ0) is 9.97. The number of rotatable bonds is 4. The molecule has 2 nitrogen and oxygen atoms in total. The third-order valence-electron chi connectivity index (χ3n) is 1.96. The number of epoxide rings is 1. The number of ether oxygens (including phenoxy) is 2. The number of hydrogen-bond acceptors (Lipinski definition) is 2. The molecule has 0 aromatic heterocycles. The molecule has 1 aromatic rings. The van der Waals surface area contributed by atoms with Crippen LogP contribution in [0.15, 0.2) is 22.7 Å². The summed E-state index contributed by atoms with van der Waals surface area (Å²) in [4.78, 5) is 0. The molecule has 0 amide bonds. The number of halogens is 2. The standard InChI is InChI=1S/C10H10BrFO2/c11-9-3-7(1-2-10(9)12)4-13-5-8-6-14-8/h1-3,8H,4-6H2/t8-/m0/s1. The van der Waals surface area contributed by atoms with Gasteiger partial charge in [0.25, 0.3) is 0 Å². The van der Waals surface area contributed by atoms with Crippen molar-refractivity contribution in [1.29, 1.82) is 0 Å². The smallest absolute Gasteiger partial charge is 0.137 e. The molecule has 0 bridgehead atoms. The normalized spacial score (nSPS) is 19.7. The Morgan fingerprint density at radius 3 is 3.00 bits per heavy atom. The first-order valence-corrected chi connectivity index (χ1v) is 5.18. The van der Waals surface area contributed by atoms with Crippen molar-refractivity contribution in [3.05, 3.63) is 34.1 Å². The maximum Gasteiger partial charge on any atom is 0.137 e. The Hall–Kier alpha value is -0.450. The first kappa shape index (κ1) is 10.1. The summed E-state index contributed by atoms with van der Waals surface area (Å²) in [5, 5.41) is 0. The molecule has 1 saturated heterocycles. The lowest BCUT2D eigenvalue weighted by Gasteiger charge is -2.03. The number of hydrogen-bond donors (Lipinski definition) is 0. The largest absolute Gasteiger partial charge is 0.374 e. The second-order valence-corrected chi connectivity index (χ2v) is 4.07. The van der Waals surface area contributed by atoms with Gasteiger partial charge < -0.3 is 9.47 Å². The van der Waals surface area contributed by atoms with Gasteiger partial charge in [-0.15, -0.1) is 0 Å². The van der Waals surface area contributed by atoms with E-state index in [-0.39, 0.29) is 11.9 Å². The van der Waals surface area contributed by atoms with E-state index in [0.717, 1.165) is 12.2 Å².